The quantitative estimate of drug-likeness (QED) is 0.411. The maximum atomic E-state index is 13.1. The van der Waals surface area contributed by atoms with Crippen LogP contribution in [0.2, 0.25) is 0 Å². The van der Waals surface area contributed by atoms with Crippen LogP contribution in [0.3, 0.4) is 0 Å². The molecule has 9 heteroatoms. The van der Waals surface area contributed by atoms with Crippen molar-refractivity contribution in [1.29, 1.82) is 0 Å². The molecule has 1 aromatic carbocycles. The van der Waals surface area contributed by atoms with Crippen molar-refractivity contribution in [1.82, 2.24) is 30.0 Å². The molecule has 0 saturated carbocycles. The van der Waals surface area contributed by atoms with Crippen LogP contribution in [0.25, 0.3) is 10.9 Å². The minimum absolute atomic E-state index is 0.0225. The van der Waals surface area contributed by atoms with Crippen LogP contribution >= 0.6 is 0 Å². The minimum Gasteiger partial charge on any atom is -0.351 e. The van der Waals surface area contributed by atoms with Gasteiger partial charge in [0.15, 0.2) is 5.82 Å². The Kier molecular flexibility index (Phi) is 5.83. The van der Waals surface area contributed by atoms with E-state index in [4.69, 9.17) is 9.97 Å². The lowest BCUT2D eigenvalue weighted by Crippen LogP contribution is -2.52. The van der Waals surface area contributed by atoms with Gasteiger partial charge in [-0.15, -0.1) is 0 Å². The number of carbonyl (C=O) groups is 1. The average Bonchev–Trinajstić information content (AvgIpc) is 3.23. The molecule has 1 fully saturated rings. The van der Waals surface area contributed by atoms with Gasteiger partial charge < -0.3 is 15.5 Å². The van der Waals surface area contributed by atoms with Crippen molar-refractivity contribution in [3.8, 4) is 0 Å². The van der Waals surface area contributed by atoms with Crippen molar-refractivity contribution in [2.45, 2.75) is 51.7 Å². The van der Waals surface area contributed by atoms with Crippen molar-refractivity contribution in [3.05, 3.63) is 66.1 Å². The number of piperidine rings is 1. The number of rotatable bonds is 5. The molecule has 1 aliphatic rings. The molecule has 4 aromatic rings. The third kappa shape index (κ3) is 4.41. The van der Waals surface area contributed by atoms with Gasteiger partial charge in [0.2, 0.25) is 5.95 Å². The highest BCUT2D eigenvalue weighted by Crippen LogP contribution is 2.29. The zero-order valence-electron chi connectivity index (χ0n) is 19.5. The third-order valence-corrected chi connectivity index (χ3v) is 6.23. The number of aryl methyl sites for hydroxylation is 1. The van der Waals surface area contributed by atoms with E-state index in [0.717, 1.165) is 29.4 Å². The smallest absolute Gasteiger partial charge is 0.255 e. The maximum Gasteiger partial charge on any atom is 0.255 e. The lowest BCUT2D eigenvalue weighted by molar-refractivity contribution is 0.0493. The Balaban J connectivity index is 1.36. The standard InChI is InChI=1S/C25H28N8O/c1-15-11-22(32-31-15)29-23-20-8-4-5-9-21(20)28-25(30-23)27-19-12-16(2)33(17(3)13-19)24(34)18-7-6-10-26-14-18/h4-11,14,16-17,19H,12-13H2,1-3H3,(H3,27,28,29,30,31,32). The SMILES string of the molecule is Cc1cc(Nc2nc(NC3CC(C)N(C(=O)c4cccnc4)C(C)C3)nc3ccccc23)n[nH]1. The third-order valence-electron chi connectivity index (χ3n) is 6.23. The van der Waals surface area contributed by atoms with Gasteiger partial charge in [-0.3, -0.25) is 14.9 Å². The number of hydrogen-bond acceptors (Lipinski definition) is 7. The first-order valence-corrected chi connectivity index (χ1v) is 11.5. The summed E-state index contributed by atoms with van der Waals surface area (Å²) in [6.07, 6.45) is 4.91. The molecule has 5 rings (SSSR count). The number of aromatic nitrogens is 5. The van der Waals surface area contributed by atoms with Gasteiger partial charge in [0.05, 0.1) is 11.1 Å². The molecular formula is C25H28N8O. The Morgan fingerprint density at radius 3 is 2.59 bits per heavy atom. The van der Waals surface area contributed by atoms with Crippen molar-refractivity contribution in [2.24, 2.45) is 0 Å². The predicted octanol–water partition coefficient (Wildman–Crippen LogP) is 4.29. The van der Waals surface area contributed by atoms with Crippen LogP contribution in [0.4, 0.5) is 17.6 Å². The number of likely N-dealkylation sites (tertiary alicyclic amines) is 1. The summed E-state index contributed by atoms with van der Waals surface area (Å²) < 4.78 is 0. The van der Waals surface area contributed by atoms with E-state index in [0.29, 0.717) is 23.1 Å². The van der Waals surface area contributed by atoms with Crippen LogP contribution in [-0.2, 0) is 0 Å². The number of nitrogens with one attached hydrogen (secondary N) is 3. The van der Waals surface area contributed by atoms with Crippen molar-refractivity contribution >= 4 is 34.4 Å². The normalized spacial score (nSPS) is 20.3. The van der Waals surface area contributed by atoms with Crippen molar-refractivity contribution in [3.63, 3.8) is 0 Å². The summed E-state index contributed by atoms with van der Waals surface area (Å²) in [5.41, 5.74) is 2.43. The molecule has 3 N–H and O–H groups in total. The van der Waals surface area contributed by atoms with E-state index in [-0.39, 0.29) is 24.0 Å². The number of aromatic amines is 1. The van der Waals surface area contributed by atoms with Gasteiger partial charge in [-0.25, -0.2) is 4.98 Å². The van der Waals surface area contributed by atoms with Gasteiger partial charge in [0.1, 0.15) is 5.82 Å². The van der Waals surface area contributed by atoms with Crippen molar-refractivity contribution in [2.75, 3.05) is 10.6 Å². The number of para-hydroxylation sites is 1. The summed E-state index contributed by atoms with van der Waals surface area (Å²) in [5.74, 6) is 1.99. The molecule has 2 unspecified atom stereocenters. The second-order valence-electron chi connectivity index (χ2n) is 8.94. The number of fused-ring (bicyclic) bond motifs is 1. The number of carbonyl (C=O) groups excluding carboxylic acids is 1. The first-order valence-electron chi connectivity index (χ1n) is 11.5. The average molecular weight is 457 g/mol. The molecule has 3 aromatic heterocycles. The van der Waals surface area contributed by atoms with Crippen LogP contribution < -0.4 is 10.6 Å². The van der Waals surface area contributed by atoms with Gasteiger partial charge in [-0.1, -0.05) is 12.1 Å². The molecule has 4 heterocycles. The minimum atomic E-state index is 0.0225. The van der Waals surface area contributed by atoms with Gasteiger partial charge >= 0.3 is 0 Å². The van der Waals surface area contributed by atoms with Gasteiger partial charge in [-0.05, 0) is 57.9 Å². The number of pyridine rings is 1. The second kappa shape index (κ2) is 9.09. The number of nitrogens with zero attached hydrogens (tertiary/aromatic N) is 5. The molecule has 1 aliphatic heterocycles. The first-order chi connectivity index (χ1) is 16.5. The highest BCUT2D eigenvalue weighted by atomic mass is 16.2. The van der Waals surface area contributed by atoms with Gasteiger partial charge in [0, 0.05) is 47.7 Å². The Bertz CT molecular complexity index is 1290. The Morgan fingerprint density at radius 2 is 1.88 bits per heavy atom. The van der Waals surface area contributed by atoms with E-state index in [1.54, 1.807) is 18.5 Å². The molecular weight excluding hydrogens is 428 g/mol. The Hall–Kier alpha value is -4.01. The zero-order valence-corrected chi connectivity index (χ0v) is 19.5. The molecule has 1 saturated heterocycles. The predicted molar refractivity (Wildman–Crippen MR) is 132 cm³/mol. The van der Waals surface area contributed by atoms with E-state index in [1.807, 2.05) is 48.2 Å². The lowest BCUT2D eigenvalue weighted by atomic mass is 9.92. The van der Waals surface area contributed by atoms with E-state index >= 15 is 0 Å². The fraction of sp³-hybridized carbons (Fsp3) is 0.320. The topological polar surface area (TPSA) is 112 Å². The number of hydrogen-bond donors (Lipinski definition) is 3. The van der Waals surface area contributed by atoms with Crippen LogP contribution in [0.15, 0.2) is 54.9 Å². The zero-order chi connectivity index (χ0) is 23.7. The molecule has 0 radical (unpaired) electrons. The highest BCUT2D eigenvalue weighted by Gasteiger charge is 2.34. The van der Waals surface area contributed by atoms with Crippen LogP contribution in [-0.4, -0.2) is 54.1 Å². The Labute approximate surface area is 198 Å². The summed E-state index contributed by atoms with van der Waals surface area (Å²) in [7, 11) is 0. The fourth-order valence-corrected chi connectivity index (χ4v) is 4.76. The summed E-state index contributed by atoms with van der Waals surface area (Å²) in [4.78, 5) is 28.7. The lowest BCUT2D eigenvalue weighted by Gasteiger charge is -2.43. The number of anilines is 3. The number of amides is 1. The summed E-state index contributed by atoms with van der Waals surface area (Å²) in [6.45, 7) is 6.14. The summed E-state index contributed by atoms with van der Waals surface area (Å²) in [6, 6.07) is 13.7. The molecule has 2 atom stereocenters. The van der Waals surface area contributed by atoms with E-state index in [2.05, 4.69) is 39.7 Å². The first kappa shape index (κ1) is 21.8. The van der Waals surface area contributed by atoms with Gasteiger partial charge in [0.25, 0.3) is 5.91 Å². The second-order valence-corrected chi connectivity index (χ2v) is 8.94. The number of benzene rings is 1. The van der Waals surface area contributed by atoms with Gasteiger partial charge in [-0.2, -0.15) is 10.1 Å². The van der Waals surface area contributed by atoms with Crippen LogP contribution in [0.5, 0.6) is 0 Å². The number of H-pyrrole nitrogens is 1. The molecule has 34 heavy (non-hydrogen) atoms. The van der Waals surface area contributed by atoms with E-state index in [9.17, 15) is 4.79 Å². The molecule has 174 valence electrons. The molecule has 1 amide bonds. The fourth-order valence-electron chi connectivity index (χ4n) is 4.76. The largest absolute Gasteiger partial charge is 0.351 e. The van der Waals surface area contributed by atoms with Crippen LogP contribution in [0.1, 0.15) is 42.7 Å². The Morgan fingerprint density at radius 1 is 1.09 bits per heavy atom. The van der Waals surface area contributed by atoms with E-state index < -0.39 is 0 Å². The van der Waals surface area contributed by atoms with Crippen LogP contribution in [0, 0.1) is 6.92 Å². The molecule has 0 bridgehead atoms. The van der Waals surface area contributed by atoms with E-state index in [1.165, 1.54) is 0 Å². The molecule has 0 aliphatic carbocycles. The summed E-state index contributed by atoms with van der Waals surface area (Å²) >= 11 is 0. The van der Waals surface area contributed by atoms with Crippen molar-refractivity contribution < 1.29 is 4.79 Å². The maximum absolute atomic E-state index is 13.1. The summed E-state index contributed by atoms with van der Waals surface area (Å²) in [5, 5.41) is 15.0. The molecule has 9 nitrogen and oxygen atoms in total. The highest BCUT2D eigenvalue weighted by molar-refractivity contribution is 5.94. The molecule has 0 spiro atoms. The monoisotopic (exact) mass is 456 g/mol.